The topological polar surface area (TPSA) is 49.4 Å². The first-order chi connectivity index (χ1) is 9.83. The minimum Gasteiger partial charge on any atom is -0.345 e. The molecule has 7 heteroatoms. The normalized spacial score (nSPS) is 20.6. The molecule has 1 spiro atoms. The van der Waals surface area contributed by atoms with Crippen molar-refractivity contribution < 1.29 is 22.8 Å². The lowest BCUT2D eigenvalue weighted by Crippen LogP contribution is -2.59. The van der Waals surface area contributed by atoms with Crippen LogP contribution in [0, 0.1) is 0 Å². The molecule has 1 heterocycles. The Balaban J connectivity index is 1.80. The molecular weight excluding hydrogens is 285 g/mol. The average molecular weight is 298 g/mol. The molecule has 1 saturated heterocycles. The van der Waals surface area contributed by atoms with Gasteiger partial charge in [-0.25, -0.2) is 0 Å². The molecular formula is C14H13F3N2O2. The maximum absolute atomic E-state index is 12.5. The lowest BCUT2D eigenvalue weighted by Gasteiger charge is -2.35. The highest BCUT2D eigenvalue weighted by Crippen LogP contribution is 2.44. The number of hydrogen-bond acceptors (Lipinski definition) is 2. The number of carbonyl (C=O) groups is 2. The van der Waals surface area contributed by atoms with E-state index in [-0.39, 0.29) is 24.9 Å². The van der Waals surface area contributed by atoms with E-state index >= 15 is 0 Å². The number of amides is 2. The Labute approximate surface area is 118 Å². The van der Waals surface area contributed by atoms with E-state index in [2.05, 4.69) is 5.32 Å². The summed E-state index contributed by atoms with van der Waals surface area (Å²) in [6.07, 6.45) is -3.17. The van der Waals surface area contributed by atoms with E-state index in [0.29, 0.717) is 18.4 Å². The summed E-state index contributed by atoms with van der Waals surface area (Å²) in [7, 11) is 0. The van der Waals surface area contributed by atoms with Gasteiger partial charge in [-0.3, -0.25) is 9.59 Å². The van der Waals surface area contributed by atoms with E-state index in [4.69, 9.17) is 0 Å². The number of rotatable bonds is 2. The second kappa shape index (κ2) is 4.47. The van der Waals surface area contributed by atoms with Crippen LogP contribution in [0.4, 0.5) is 13.2 Å². The van der Waals surface area contributed by atoms with Gasteiger partial charge in [0.25, 0.3) is 0 Å². The van der Waals surface area contributed by atoms with Gasteiger partial charge in [-0.1, -0.05) is 12.1 Å². The number of benzene rings is 1. The van der Waals surface area contributed by atoms with Gasteiger partial charge < -0.3 is 10.2 Å². The van der Waals surface area contributed by atoms with Crippen molar-refractivity contribution >= 4 is 11.8 Å². The zero-order valence-electron chi connectivity index (χ0n) is 11.0. The van der Waals surface area contributed by atoms with Crippen LogP contribution in [0.5, 0.6) is 0 Å². The van der Waals surface area contributed by atoms with E-state index in [0.717, 1.165) is 12.1 Å². The molecule has 1 aromatic rings. The van der Waals surface area contributed by atoms with Crippen molar-refractivity contribution in [1.29, 1.82) is 0 Å². The highest BCUT2D eigenvalue weighted by Gasteiger charge is 2.58. The van der Waals surface area contributed by atoms with Crippen molar-refractivity contribution in [3.05, 3.63) is 35.4 Å². The summed E-state index contributed by atoms with van der Waals surface area (Å²) in [4.78, 5) is 25.3. The minimum atomic E-state index is -4.38. The summed E-state index contributed by atoms with van der Waals surface area (Å²) in [5.41, 5.74) is -0.926. The number of carbonyl (C=O) groups excluding carboxylic acids is 2. The van der Waals surface area contributed by atoms with Gasteiger partial charge >= 0.3 is 6.18 Å². The van der Waals surface area contributed by atoms with Crippen molar-refractivity contribution in [3.8, 4) is 0 Å². The SMILES string of the molecule is O=C1CNC(=O)C2(CC2)N1Cc1ccc(C(F)(F)F)cc1. The van der Waals surface area contributed by atoms with Crippen molar-refractivity contribution in [1.82, 2.24) is 10.2 Å². The van der Waals surface area contributed by atoms with Crippen LogP contribution in [-0.4, -0.2) is 28.8 Å². The zero-order chi connectivity index (χ0) is 15.3. The van der Waals surface area contributed by atoms with Crippen molar-refractivity contribution in [2.24, 2.45) is 0 Å². The third kappa shape index (κ3) is 2.36. The van der Waals surface area contributed by atoms with E-state index in [1.807, 2.05) is 0 Å². The van der Waals surface area contributed by atoms with Crippen LogP contribution in [-0.2, 0) is 22.3 Å². The fraction of sp³-hybridized carbons (Fsp3) is 0.429. The summed E-state index contributed by atoms with van der Waals surface area (Å²) in [6, 6.07) is 4.67. The number of piperazine rings is 1. The number of nitrogens with one attached hydrogen (secondary N) is 1. The van der Waals surface area contributed by atoms with Crippen LogP contribution in [0.2, 0.25) is 0 Å². The Kier molecular flexibility index (Phi) is 2.96. The van der Waals surface area contributed by atoms with E-state index < -0.39 is 17.3 Å². The van der Waals surface area contributed by atoms with Gasteiger partial charge in [-0.05, 0) is 30.5 Å². The lowest BCUT2D eigenvalue weighted by atomic mass is 10.1. The molecule has 0 aromatic heterocycles. The average Bonchev–Trinajstić information content (AvgIpc) is 3.21. The van der Waals surface area contributed by atoms with Crippen LogP contribution in [0.3, 0.4) is 0 Å². The Bertz CT molecular complexity index is 591. The molecule has 0 atom stereocenters. The zero-order valence-corrected chi connectivity index (χ0v) is 11.0. The first-order valence-corrected chi connectivity index (χ1v) is 6.58. The molecule has 2 amide bonds. The van der Waals surface area contributed by atoms with E-state index in [9.17, 15) is 22.8 Å². The minimum absolute atomic E-state index is 0.0543. The Morgan fingerprint density at radius 3 is 2.29 bits per heavy atom. The second-order valence-electron chi connectivity index (χ2n) is 5.39. The highest BCUT2D eigenvalue weighted by atomic mass is 19.4. The maximum atomic E-state index is 12.5. The van der Waals surface area contributed by atoms with Gasteiger partial charge in [0.1, 0.15) is 5.54 Å². The Morgan fingerprint density at radius 1 is 1.14 bits per heavy atom. The predicted octanol–water partition coefficient (Wildman–Crippen LogP) is 1.70. The first-order valence-electron chi connectivity index (χ1n) is 6.58. The van der Waals surface area contributed by atoms with Gasteiger partial charge in [0, 0.05) is 6.54 Å². The van der Waals surface area contributed by atoms with Gasteiger partial charge in [-0.15, -0.1) is 0 Å². The molecule has 2 aliphatic rings. The smallest absolute Gasteiger partial charge is 0.345 e. The number of halogens is 3. The molecule has 112 valence electrons. The van der Waals surface area contributed by atoms with Crippen LogP contribution >= 0.6 is 0 Å². The molecule has 0 radical (unpaired) electrons. The van der Waals surface area contributed by atoms with Crippen LogP contribution in [0.1, 0.15) is 24.0 Å². The van der Waals surface area contributed by atoms with Crippen LogP contribution in [0.25, 0.3) is 0 Å². The summed E-state index contributed by atoms with van der Waals surface area (Å²) in [5.74, 6) is -0.374. The second-order valence-corrected chi connectivity index (χ2v) is 5.39. The standard InChI is InChI=1S/C14H13F3N2O2/c15-14(16,17)10-3-1-9(2-4-10)8-19-11(20)7-18-12(21)13(19)5-6-13/h1-4H,5-8H2,(H,18,21). The maximum Gasteiger partial charge on any atom is 0.416 e. The fourth-order valence-corrected chi connectivity index (χ4v) is 2.61. The predicted molar refractivity (Wildman–Crippen MR) is 67.0 cm³/mol. The summed E-state index contributed by atoms with van der Waals surface area (Å²) >= 11 is 0. The largest absolute Gasteiger partial charge is 0.416 e. The van der Waals surface area contributed by atoms with E-state index in [1.165, 1.54) is 17.0 Å². The molecule has 21 heavy (non-hydrogen) atoms. The van der Waals surface area contributed by atoms with Gasteiger partial charge in [0.2, 0.25) is 11.8 Å². The number of alkyl halides is 3. The molecule has 1 aromatic carbocycles. The van der Waals surface area contributed by atoms with Gasteiger partial charge in [-0.2, -0.15) is 13.2 Å². The first kappa shape index (κ1) is 13.9. The number of hydrogen-bond donors (Lipinski definition) is 1. The van der Waals surface area contributed by atoms with E-state index in [1.54, 1.807) is 0 Å². The summed E-state index contributed by atoms with van der Waals surface area (Å²) in [5, 5.41) is 2.55. The molecule has 0 bridgehead atoms. The quantitative estimate of drug-likeness (QED) is 0.903. The third-order valence-electron chi connectivity index (χ3n) is 3.99. The molecule has 1 N–H and O–H groups in total. The molecule has 2 fully saturated rings. The third-order valence-corrected chi connectivity index (χ3v) is 3.99. The summed E-state index contributed by atoms with van der Waals surface area (Å²) in [6.45, 7) is 0.103. The van der Waals surface area contributed by atoms with Crippen molar-refractivity contribution in [2.45, 2.75) is 31.1 Å². The Hall–Kier alpha value is -2.05. The monoisotopic (exact) mass is 298 g/mol. The molecule has 1 aliphatic carbocycles. The Morgan fingerprint density at radius 2 is 1.76 bits per heavy atom. The van der Waals surface area contributed by atoms with Crippen molar-refractivity contribution in [3.63, 3.8) is 0 Å². The lowest BCUT2D eigenvalue weighted by molar-refractivity contribution is -0.148. The molecule has 3 rings (SSSR count). The van der Waals surface area contributed by atoms with Gasteiger partial charge in [0.15, 0.2) is 0 Å². The summed E-state index contributed by atoms with van der Waals surface area (Å²) < 4.78 is 37.5. The molecule has 0 unspecified atom stereocenters. The number of nitrogens with zero attached hydrogens (tertiary/aromatic N) is 1. The van der Waals surface area contributed by atoms with Crippen LogP contribution in [0.15, 0.2) is 24.3 Å². The van der Waals surface area contributed by atoms with Crippen LogP contribution < -0.4 is 5.32 Å². The highest BCUT2D eigenvalue weighted by molar-refractivity contribution is 6.00. The molecule has 4 nitrogen and oxygen atoms in total. The van der Waals surface area contributed by atoms with Crippen molar-refractivity contribution in [2.75, 3.05) is 6.54 Å². The van der Waals surface area contributed by atoms with Gasteiger partial charge in [0.05, 0.1) is 12.1 Å². The molecule has 1 aliphatic heterocycles. The fourth-order valence-electron chi connectivity index (χ4n) is 2.61. The molecule has 1 saturated carbocycles.